The van der Waals surface area contributed by atoms with E-state index in [1.54, 1.807) is 6.07 Å². The van der Waals surface area contributed by atoms with Crippen molar-refractivity contribution in [1.82, 2.24) is 4.98 Å². The Bertz CT molecular complexity index is 732. The summed E-state index contributed by atoms with van der Waals surface area (Å²) in [6.45, 7) is 0. The molecule has 2 aliphatic carbocycles. The number of nitrogens with zero attached hydrogens (tertiary/aromatic N) is 1. The number of pyridine rings is 1. The summed E-state index contributed by atoms with van der Waals surface area (Å²) in [5.41, 5.74) is 0.385. The van der Waals surface area contributed by atoms with Gasteiger partial charge in [0, 0.05) is 18.0 Å². The Morgan fingerprint density at radius 1 is 1.12 bits per heavy atom. The molecule has 1 heterocycles. The Balaban J connectivity index is 1.66. The lowest BCUT2D eigenvalue weighted by atomic mass is 9.85. The SMILES string of the molecule is NS(=O)(=O)c1cc(NC(=O)[C@@H]2CCCC[C@H]2OC2CCCCC2)ccn1. The second-order valence-corrected chi connectivity index (χ2v) is 8.75. The highest BCUT2D eigenvalue weighted by Crippen LogP contribution is 2.32. The molecule has 0 spiro atoms. The number of anilines is 1. The lowest BCUT2D eigenvalue weighted by Crippen LogP contribution is -2.39. The molecule has 0 radical (unpaired) electrons. The molecule has 2 fully saturated rings. The Kier molecular flexibility index (Phi) is 6.26. The summed E-state index contributed by atoms with van der Waals surface area (Å²) in [6, 6.07) is 2.85. The van der Waals surface area contributed by atoms with E-state index >= 15 is 0 Å². The molecule has 8 heteroatoms. The number of sulfonamides is 1. The van der Waals surface area contributed by atoms with Crippen molar-refractivity contribution < 1.29 is 17.9 Å². The van der Waals surface area contributed by atoms with Crippen LogP contribution in [0.4, 0.5) is 5.69 Å². The largest absolute Gasteiger partial charge is 0.374 e. The third-order valence-electron chi connectivity index (χ3n) is 5.25. The van der Waals surface area contributed by atoms with Crippen LogP contribution in [0.3, 0.4) is 0 Å². The van der Waals surface area contributed by atoms with E-state index in [4.69, 9.17) is 9.88 Å². The molecule has 1 aromatic rings. The van der Waals surface area contributed by atoms with Gasteiger partial charge in [0.05, 0.1) is 18.1 Å². The van der Waals surface area contributed by atoms with Gasteiger partial charge < -0.3 is 10.1 Å². The third-order valence-corrected chi connectivity index (χ3v) is 6.06. The Morgan fingerprint density at radius 2 is 1.81 bits per heavy atom. The number of aromatic nitrogens is 1. The number of primary sulfonamides is 1. The maximum absolute atomic E-state index is 12.8. The van der Waals surface area contributed by atoms with Crippen molar-refractivity contribution in [3.63, 3.8) is 0 Å². The van der Waals surface area contributed by atoms with Crippen molar-refractivity contribution in [2.45, 2.75) is 75.0 Å². The van der Waals surface area contributed by atoms with Crippen LogP contribution >= 0.6 is 0 Å². The van der Waals surface area contributed by atoms with E-state index in [2.05, 4.69) is 10.3 Å². The number of carbonyl (C=O) groups excluding carboxylic acids is 1. The molecule has 2 atom stereocenters. The van der Waals surface area contributed by atoms with Crippen LogP contribution < -0.4 is 10.5 Å². The minimum absolute atomic E-state index is 0.0635. The van der Waals surface area contributed by atoms with Crippen LogP contribution in [0, 0.1) is 5.92 Å². The van der Waals surface area contributed by atoms with Crippen molar-refractivity contribution in [3.8, 4) is 0 Å². The first-order valence-electron chi connectivity index (χ1n) is 9.38. The number of ether oxygens (including phenoxy) is 1. The second kappa shape index (κ2) is 8.45. The molecule has 0 aliphatic heterocycles. The molecule has 3 rings (SSSR count). The lowest BCUT2D eigenvalue weighted by Gasteiger charge is -2.34. The van der Waals surface area contributed by atoms with E-state index in [1.165, 1.54) is 31.5 Å². The summed E-state index contributed by atoms with van der Waals surface area (Å²) < 4.78 is 29.1. The van der Waals surface area contributed by atoms with E-state index in [9.17, 15) is 13.2 Å². The number of nitrogens with one attached hydrogen (secondary N) is 1. The van der Waals surface area contributed by atoms with E-state index < -0.39 is 10.0 Å². The maximum Gasteiger partial charge on any atom is 0.255 e. The van der Waals surface area contributed by atoms with Crippen LogP contribution in [0.15, 0.2) is 23.4 Å². The molecule has 3 N–H and O–H groups in total. The second-order valence-electron chi connectivity index (χ2n) is 7.24. The molecular weight excluding hydrogens is 354 g/mol. The van der Waals surface area contributed by atoms with Crippen molar-refractivity contribution in [2.75, 3.05) is 5.32 Å². The van der Waals surface area contributed by atoms with Gasteiger partial charge in [0.25, 0.3) is 10.0 Å². The molecule has 0 bridgehead atoms. The number of hydrogen-bond donors (Lipinski definition) is 2. The minimum atomic E-state index is -3.90. The van der Waals surface area contributed by atoms with Crippen LogP contribution in [-0.4, -0.2) is 31.5 Å². The summed E-state index contributed by atoms with van der Waals surface area (Å²) in [5.74, 6) is -0.339. The molecule has 7 nitrogen and oxygen atoms in total. The molecule has 0 saturated heterocycles. The number of hydrogen-bond acceptors (Lipinski definition) is 5. The zero-order valence-corrected chi connectivity index (χ0v) is 15.7. The molecule has 2 aliphatic rings. The smallest absolute Gasteiger partial charge is 0.255 e. The van der Waals surface area contributed by atoms with Gasteiger partial charge in [-0.2, -0.15) is 0 Å². The van der Waals surface area contributed by atoms with E-state index in [-0.39, 0.29) is 29.1 Å². The maximum atomic E-state index is 12.8. The average molecular weight is 381 g/mol. The van der Waals surface area contributed by atoms with Gasteiger partial charge >= 0.3 is 0 Å². The lowest BCUT2D eigenvalue weighted by molar-refractivity contribution is -0.131. The van der Waals surface area contributed by atoms with Gasteiger partial charge in [0.1, 0.15) is 0 Å². The van der Waals surface area contributed by atoms with Crippen molar-refractivity contribution in [1.29, 1.82) is 0 Å². The molecule has 144 valence electrons. The van der Waals surface area contributed by atoms with Gasteiger partial charge in [0.15, 0.2) is 5.03 Å². The minimum Gasteiger partial charge on any atom is -0.374 e. The van der Waals surface area contributed by atoms with Crippen LogP contribution in [-0.2, 0) is 19.6 Å². The van der Waals surface area contributed by atoms with Crippen LogP contribution in [0.25, 0.3) is 0 Å². The third kappa shape index (κ3) is 5.02. The summed E-state index contributed by atoms with van der Waals surface area (Å²) in [4.78, 5) is 16.5. The van der Waals surface area contributed by atoms with Crippen LogP contribution in [0.1, 0.15) is 57.8 Å². The first-order valence-corrected chi connectivity index (χ1v) is 10.9. The molecule has 1 aromatic heterocycles. The topological polar surface area (TPSA) is 111 Å². The Morgan fingerprint density at radius 3 is 2.54 bits per heavy atom. The van der Waals surface area contributed by atoms with E-state index in [0.29, 0.717) is 5.69 Å². The van der Waals surface area contributed by atoms with E-state index in [0.717, 1.165) is 38.5 Å². The fraction of sp³-hybridized carbons (Fsp3) is 0.667. The highest BCUT2D eigenvalue weighted by Gasteiger charge is 2.33. The van der Waals surface area contributed by atoms with Crippen molar-refractivity contribution in [3.05, 3.63) is 18.3 Å². The van der Waals surface area contributed by atoms with Gasteiger partial charge in [-0.15, -0.1) is 0 Å². The molecule has 26 heavy (non-hydrogen) atoms. The predicted molar refractivity (Wildman–Crippen MR) is 97.9 cm³/mol. The quantitative estimate of drug-likeness (QED) is 0.814. The molecule has 2 saturated carbocycles. The molecule has 0 unspecified atom stereocenters. The number of nitrogens with two attached hydrogens (primary N) is 1. The zero-order valence-electron chi connectivity index (χ0n) is 14.9. The average Bonchev–Trinajstić information content (AvgIpc) is 2.62. The van der Waals surface area contributed by atoms with Crippen molar-refractivity contribution in [2.24, 2.45) is 11.1 Å². The molecule has 0 aromatic carbocycles. The fourth-order valence-corrected chi connectivity index (χ4v) is 4.38. The van der Waals surface area contributed by atoms with Crippen LogP contribution in [0.2, 0.25) is 0 Å². The Hall–Kier alpha value is -1.51. The standard InChI is InChI=1S/C18H27N3O4S/c19-26(23,24)17-12-13(10-11-20-17)21-18(22)15-8-4-5-9-16(15)25-14-6-2-1-3-7-14/h10-12,14-16H,1-9H2,(H2,19,23,24)(H,20,21,22)/t15-,16-/m1/s1. The summed E-state index contributed by atoms with van der Waals surface area (Å²) in [5, 5.41) is 7.66. The van der Waals surface area contributed by atoms with Crippen molar-refractivity contribution >= 4 is 21.6 Å². The normalized spacial score (nSPS) is 25.0. The van der Waals surface area contributed by atoms with Crippen LogP contribution in [0.5, 0.6) is 0 Å². The highest BCUT2D eigenvalue weighted by molar-refractivity contribution is 7.89. The number of rotatable bonds is 5. The number of carbonyl (C=O) groups is 1. The predicted octanol–water partition coefficient (Wildman–Crippen LogP) is 2.58. The fourth-order valence-electron chi connectivity index (χ4n) is 3.89. The first kappa shape index (κ1) is 19.3. The van der Waals surface area contributed by atoms with Gasteiger partial charge in [-0.25, -0.2) is 18.5 Å². The number of amides is 1. The molecular formula is C18H27N3O4S. The van der Waals surface area contributed by atoms with Gasteiger partial charge in [0.2, 0.25) is 5.91 Å². The summed E-state index contributed by atoms with van der Waals surface area (Å²) >= 11 is 0. The first-order chi connectivity index (χ1) is 12.4. The summed E-state index contributed by atoms with van der Waals surface area (Å²) in [7, 11) is -3.90. The monoisotopic (exact) mass is 381 g/mol. The van der Waals surface area contributed by atoms with Gasteiger partial charge in [-0.3, -0.25) is 4.79 Å². The van der Waals surface area contributed by atoms with E-state index in [1.807, 2.05) is 0 Å². The Labute approximate surface area is 154 Å². The highest BCUT2D eigenvalue weighted by atomic mass is 32.2. The zero-order chi connectivity index (χ0) is 18.6. The summed E-state index contributed by atoms with van der Waals surface area (Å²) in [6.07, 6.45) is 11.1. The molecule has 1 amide bonds. The van der Waals surface area contributed by atoms with Gasteiger partial charge in [-0.05, 0) is 31.7 Å². The van der Waals surface area contributed by atoms with Gasteiger partial charge in [-0.1, -0.05) is 32.1 Å².